The fourth-order valence-corrected chi connectivity index (χ4v) is 0.750. The lowest BCUT2D eigenvalue weighted by molar-refractivity contribution is 0.389. The van der Waals surface area contributed by atoms with E-state index in [1.807, 2.05) is 6.92 Å². The van der Waals surface area contributed by atoms with E-state index >= 15 is 0 Å². The summed E-state index contributed by atoms with van der Waals surface area (Å²) in [6.45, 7) is 1.92. The second-order valence-electron chi connectivity index (χ2n) is 1.66. The molecule has 0 fully saturated rings. The molecule has 4 heteroatoms. The van der Waals surface area contributed by atoms with Crippen molar-refractivity contribution in [3.8, 4) is 0 Å². The van der Waals surface area contributed by atoms with E-state index < -0.39 is 0 Å². The molecular formula is C5H7ClN2O. The monoisotopic (exact) mass is 146 g/mol. The molecule has 0 unspecified atom stereocenters. The van der Waals surface area contributed by atoms with Gasteiger partial charge in [-0.25, -0.2) is 0 Å². The van der Waals surface area contributed by atoms with Crippen LogP contribution in [0.1, 0.15) is 12.7 Å². The van der Waals surface area contributed by atoms with Gasteiger partial charge >= 0.3 is 0 Å². The molecule has 0 saturated heterocycles. The average Bonchev–Trinajstić information content (AvgIpc) is 2.15. The number of halogens is 1. The Morgan fingerprint density at radius 1 is 1.78 bits per heavy atom. The van der Waals surface area contributed by atoms with Gasteiger partial charge in [-0.15, -0.1) is 0 Å². The Morgan fingerprint density at radius 3 is 2.67 bits per heavy atom. The summed E-state index contributed by atoms with van der Waals surface area (Å²) < 4.78 is 4.74. The Morgan fingerprint density at radius 2 is 2.44 bits per heavy atom. The number of anilines is 1. The number of hydrogen-bond acceptors (Lipinski definition) is 3. The minimum Gasteiger partial charge on any atom is -0.380 e. The molecule has 0 spiro atoms. The Bertz CT molecular complexity index is 209. The second-order valence-corrected chi connectivity index (χ2v) is 2.04. The van der Waals surface area contributed by atoms with Crippen molar-refractivity contribution in [3.05, 3.63) is 10.8 Å². The van der Waals surface area contributed by atoms with Crippen molar-refractivity contribution < 1.29 is 4.52 Å². The maximum Gasteiger partial charge on any atom is 0.185 e. The smallest absolute Gasteiger partial charge is 0.185 e. The molecule has 0 saturated carbocycles. The van der Waals surface area contributed by atoms with Gasteiger partial charge in [0.25, 0.3) is 0 Å². The van der Waals surface area contributed by atoms with Crippen LogP contribution in [-0.4, -0.2) is 5.16 Å². The Kier molecular flexibility index (Phi) is 1.62. The van der Waals surface area contributed by atoms with Gasteiger partial charge in [0.15, 0.2) is 11.6 Å². The van der Waals surface area contributed by atoms with Crippen molar-refractivity contribution in [2.75, 3.05) is 5.73 Å². The van der Waals surface area contributed by atoms with Crippen LogP contribution in [0.4, 0.5) is 5.82 Å². The normalized spacial score (nSPS) is 10.0. The van der Waals surface area contributed by atoms with Crippen molar-refractivity contribution in [1.82, 2.24) is 5.16 Å². The van der Waals surface area contributed by atoms with Crippen molar-refractivity contribution in [2.45, 2.75) is 13.3 Å². The highest BCUT2D eigenvalue weighted by molar-refractivity contribution is 6.33. The molecule has 0 atom stereocenters. The molecule has 0 bridgehead atoms. The zero-order valence-corrected chi connectivity index (χ0v) is 5.77. The molecular weight excluding hydrogens is 140 g/mol. The fourth-order valence-electron chi connectivity index (χ4n) is 0.547. The van der Waals surface area contributed by atoms with Crippen LogP contribution >= 0.6 is 11.6 Å². The standard InChI is InChI=1S/C5H7ClN2O/c1-2-3-4(6)5(7)8-9-3/h2H2,1H3,(H2,7,8). The van der Waals surface area contributed by atoms with Crippen molar-refractivity contribution in [2.24, 2.45) is 0 Å². The minimum atomic E-state index is 0.272. The minimum absolute atomic E-state index is 0.272. The molecule has 0 aliphatic carbocycles. The molecule has 9 heavy (non-hydrogen) atoms. The number of aromatic nitrogens is 1. The Labute approximate surface area is 57.8 Å². The molecule has 0 aliphatic rings. The summed E-state index contributed by atoms with van der Waals surface area (Å²) in [6, 6.07) is 0. The number of aryl methyl sites for hydroxylation is 1. The highest BCUT2D eigenvalue weighted by Crippen LogP contribution is 2.21. The van der Waals surface area contributed by atoms with Gasteiger partial charge in [-0.05, 0) is 0 Å². The quantitative estimate of drug-likeness (QED) is 0.653. The van der Waals surface area contributed by atoms with Gasteiger partial charge in [0.05, 0.1) is 0 Å². The summed E-state index contributed by atoms with van der Waals surface area (Å²) in [6.07, 6.45) is 0.725. The van der Waals surface area contributed by atoms with E-state index in [2.05, 4.69) is 5.16 Å². The number of rotatable bonds is 1. The first-order valence-electron chi connectivity index (χ1n) is 2.65. The summed E-state index contributed by atoms with van der Waals surface area (Å²) in [5.41, 5.74) is 5.28. The van der Waals surface area contributed by atoms with Gasteiger partial charge in [-0.1, -0.05) is 23.7 Å². The van der Waals surface area contributed by atoms with Gasteiger partial charge in [0, 0.05) is 6.42 Å². The van der Waals surface area contributed by atoms with Crippen LogP contribution in [0.25, 0.3) is 0 Å². The first-order valence-corrected chi connectivity index (χ1v) is 3.03. The molecule has 50 valence electrons. The third kappa shape index (κ3) is 1.00. The highest BCUT2D eigenvalue weighted by Gasteiger charge is 2.07. The van der Waals surface area contributed by atoms with Crippen LogP contribution in [0.3, 0.4) is 0 Å². The summed E-state index contributed by atoms with van der Waals surface area (Å²) >= 11 is 5.63. The summed E-state index contributed by atoms with van der Waals surface area (Å²) in [4.78, 5) is 0. The van der Waals surface area contributed by atoms with E-state index in [0.29, 0.717) is 10.8 Å². The van der Waals surface area contributed by atoms with Crippen LogP contribution in [0.5, 0.6) is 0 Å². The molecule has 1 aromatic rings. The molecule has 0 radical (unpaired) electrons. The lowest BCUT2D eigenvalue weighted by Crippen LogP contribution is -1.83. The van der Waals surface area contributed by atoms with E-state index in [1.165, 1.54) is 0 Å². The maximum absolute atomic E-state index is 5.63. The molecule has 1 aromatic heterocycles. The number of nitrogens with zero attached hydrogens (tertiary/aromatic N) is 1. The van der Waals surface area contributed by atoms with E-state index in [9.17, 15) is 0 Å². The van der Waals surface area contributed by atoms with E-state index in [0.717, 1.165) is 6.42 Å². The van der Waals surface area contributed by atoms with Crippen LogP contribution in [-0.2, 0) is 6.42 Å². The molecule has 0 amide bonds. The fraction of sp³-hybridized carbons (Fsp3) is 0.400. The Balaban J connectivity index is 3.04. The topological polar surface area (TPSA) is 52.0 Å². The van der Waals surface area contributed by atoms with E-state index in [1.54, 1.807) is 0 Å². The molecule has 1 rings (SSSR count). The van der Waals surface area contributed by atoms with Crippen molar-refractivity contribution in [1.29, 1.82) is 0 Å². The molecule has 0 aromatic carbocycles. The van der Waals surface area contributed by atoms with E-state index in [4.69, 9.17) is 21.9 Å². The predicted molar refractivity (Wildman–Crippen MR) is 35.3 cm³/mol. The zero-order chi connectivity index (χ0) is 6.85. The number of nitrogens with two attached hydrogens (primary N) is 1. The number of nitrogen functional groups attached to an aromatic ring is 1. The lowest BCUT2D eigenvalue weighted by Gasteiger charge is -1.83. The first kappa shape index (κ1) is 6.42. The molecule has 1 heterocycles. The van der Waals surface area contributed by atoms with Crippen LogP contribution in [0.15, 0.2) is 4.52 Å². The third-order valence-corrected chi connectivity index (χ3v) is 1.45. The summed E-state index contributed by atoms with van der Waals surface area (Å²) in [7, 11) is 0. The SMILES string of the molecule is CCc1onc(N)c1Cl. The molecule has 2 N–H and O–H groups in total. The zero-order valence-electron chi connectivity index (χ0n) is 5.02. The number of hydrogen-bond donors (Lipinski definition) is 1. The Hall–Kier alpha value is -0.700. The second kappa shape index (κ2) is 2.27. The third-order valence-electron chi connectivity index (χ3n) is 1.04. The summed E-state index contributed by atoms with van der Waals surface area (Å²) in [5.74, 6) is 0.919. The average molecular weight is 147 g/mol. The molecule has 0 aliphatic heterocycles. The van der Waals surface area contributed by atoms with Crippen LogP contribution in [0, 0.1) is 0 Å². The van der Waals surface area contributed by atoms with Crippen LogP contribution < -0.4 is 5.73 Å². The largest absolute Gasteiger partial charge is 0.380 e. The van der Waals surface area contributed by atoms with Gasteiger partial charge in [-0.2, -0.15) is 0 Å². The molecule has 3 nitrogen and oxygen atoms in total. The van der Waals surface area contributed by atoms with Crippen molar-refractivity contribution in [3.63, 3.8) is 0 Å². The van der Waals surface area contributed by atoms with Gasteiger partial charge in [0.1, 0.15) is 5.02 Å². The van der Waals surface area contributed by atoms with Crippen molar-refractivity contribution >= 4 is 17.4 Å². The van der Waals surface area contributed by atoms with Gasteiger partial charge < -0.3 is 10.3 Å². The first-order chi connectivity index (χ1) is 4.25. The summed E-state index contributed by atoms with van der Waals surface area (Å²) in [5, 5.41) is 3.90. The van der Waals surface area contributed by atoms with E-state index in [-0.39, 0.29) is 5.82 Å². The highest BCUT2D eigenvalue weighted by atomic mass is 35.5. The predicted octanol–water partition coefficient (Wildman–Crippen LogP) is 1.47. The maximum atomic E-state index is 5.63. The van der Waals surface area contributed by atoms with Gasteiger partial charge in [-0.3, -0.25) is 0 Å². The van der Waals surface area contributed by atoms with Crippen LogP contribution in [0.2, 0.25) is 5.02 Å². The van der Waals surface area contributed by atoms with Gasteiger partial charge in [0.2, 0.25) is 0 Å². The lowest BCUT2D eigenvalue weighted by atomic mass is 10.3.